The summed E-state index contributed by atoms with van der Waals surface area (Å²) in [6, 6.07) is 7.01. The summed E-state index contributed by atoms with van der Waals surface area (Å²) in [5.41, 5.74) is 0.765. The maximum absolute atomic E-state index is 11.6. The Morgan fingerprint density at radius 2 is 1.81 bits per heavy atom. The molecule has 0 bridgehead atoms. The van der Waals surface area contributed by atoms with Crippen LogP contribution in [0.4, 0.5) is 0 Å². The van der Waals surface area contributed by atoms with E-state index in [-0.39, 0.29) is 11.4 Å². The lowest BCUT2D eigenvalue weighted by Gasteiger charge is -2.17. The fourth-order valence-electron chi connectivity index (χ4n) is 1.13. The zero-order chi connectivity index (χ0) is 12.2. The van der Waals surface area contributed by atoms with E-state index in [1.165, 1.54) is 0 Å². The van der Waals surface area contributed by atoms with Crippen molar-refractivity contribution in [2.75, 3.05) is 6.61 Å². The average Bonchev–Trinajstić information content (AvgIpc) is 2.16. The summed E-state index contributed by atoms with van der Waals surface area (Å²) in [7, 11) is 0. The Kier molecular flexibility index (Phi) is 4.42. The van der Waals surface area contributed by atoms with Crippen molar-refractivity contribution in [2.45, 2.75) is 32.1 Å². The Bertz CT molecular complexity index is 349. The number of rotatable bonds is 3. The Labute approximate surface area is 102 Å². The molecule has 0 fully saturated rings. The summed E-state index contributed by atoms with van der Waals surface area (Å²) >= 11 is 4.16. The molecule has 0 atom stereocenters. The van der Waals surface area contributed by atoms with Gasteiger partial charge in [0, 0.05) is 4.90 Å². The molecular formula is C13H18O2S. The van der Waals surface area contributed by atoms with Crippen molar-refractivity contribution < 1.29 is 9.53 Å². The third-order valence-corrected chi connectivity index (χ3v) is 2.49. The molecule has 0 saturated heterocycles. The van der Waals surface area contributed by atoms with Gasteiger partial charge in [0.15, 0.2) is 0 Å². The molecule has 0 spiro atoms. The van der Waals surface area contributed by atoms with Gasteiger partial charge in [-0.3, -0.25) is 0 Å². The molecule has 0 aliphatic heterocycles. The molecule has 1 aromatic carbocycles. The topological polar surface area (TPSA) is 26.3 Å². The van der Waals surface area contributed by atoms with E-state index in [9.17, 15) is 4.79 Å². The van der Waals surface area contributed by atoms with Gasteiger partial charge in [-0.25, -0.2) is 4.79 Å². The molecule has 0 radical (unpaired) electrons. The van der Waals surface area contributed by atoms with E-state index in [0.717, 1.165) is 11.3 Å². The number of carbonyl (C=O) groups is 1. The standard InChI is InChI=1S/C13H18O2S/c1-13(2,3)8-9-15-12(14)10-4-6-11(16)7-5-10/h4-7,16H,8-9H2,1-3H3. The first-order valence-corrected chi connectivity index (χ1v) is 5.79. The van der Waals surface area contributed by atoms with Crippen LogP contribution in [-0.4, -0.2) is 12.6 Å². The number of hydrogen-bond acceptors (Lipinski definition) is 3. The predicted molar refractivity (Wildman–Crippen MR) is 68.0 cm³/mol. The summed E-state index contributed by atoms with van der Waals surface area (Å²) < 4.78 is 5.18. The van der Waals surface area contributed by atoms with E-state index in [1.807, 2.05) is 0 Å². The number of benzene rings is 1. The van der Waals surface area contributed by atoms with E-state index >= 15 is 0 Å². The maximum atomic E-state index is 11.6. The van der Waals surface area contributed by atoms with Crippen molar-refractivity contribution in [3.63, 3.8) is 0 Å². The Hall–Kier alpha value is -0.960. The summed E-state index contributed by atoms with van der Waals surface area (Å²) in [5, 5.41) is 0. The predicted octanol–water partition coefficient (Wildman–Crippen LogP) is 3.57. The van der Waals surface area contributed by atoms with Crippen molar-refractivity contribution in [1.82, 2.24) is 0 Å². The van der Waals surface area contributed by atoms with Crippen LogP contribution < -0.4 is 0 Å². The van der Waals surface area contributed by atoms with Crippen LogP contribution in [0.5, 0.6) is 0 Å². The molecule has 3 heteroatoms. The number of carbonyl (C=O) groups excluding carboxylic acids is 1. The smallest absolute Gasteiger partial charge is 0.338 e. The number of hydrogen-bond donors (Lipinski definition) is 1. The van der Waals surface area contributed by atoms with Gasteiger partial charge in [-0.1, -0.05) is 20.8 Å². The third kappa shape index (κ3) is 4.71. The molecule has 0 aromatic heterocycles. The second kappa shape index (κ2) is 5.39. The first kappa shape index (κ1) is 13.1. The Balaban J connectivity index is 2.44. The van der Waals surface area contributed by atoms with E-state index in [1.54, 1.807) is 24.3 Å². The molecule has 0 amide bonds. The van der Waals surface area contributed by atoms with E-state index < -0.39 is 0 Å². The van der Waals surface area contributed by atoms with Crippen molar-refractivity contribution in [1.29, 1.82) is 0 Å². The summed E-state index contributed by atoms with van der Waals surface area (Å²) in [6.07, 6.45) is 0.864. The van der Waals surface area contributed by atoms with Gasteiger partial charge < -0.3 is 4.74 Å². The molecular weight excluding hydrogens is 220 g/mol. The van der Waals surface area contributed by atoms with Crippen LogP contribution in [0.1, 0.15) is 37.6 Å². The fraction of sp³-hybridized carbons (Fsp3) is 0.462. The molecule has 0 aliphatic rings. The highest BCUT2D eigenvalue weighted by Crippen LogP contribution is 2.18. The first-order valence-electron chi connectivity index (χ1n) is 5.35. The van der Waals surface area contributed by atoms with Gasteiger partial charge >= 0.3 is 5.97 Å². The third-order valence-electron chi connectivity index (χ3n) is 2.19. The highest BCUT2D eigenvalue weighted by atomic mass is 32.1. The lowest BCUT2D eigenvalue weighted by atomic mass is 9.93. The molecule has 1 rings (SSSR count). The van der Waals surface area contributed by atoms with Gasteiger partial charge in [-0.05, 0) is 36.1 Å². The van der Waals surface area contributed by atoms with Crippen molar-refractivity contribution in [3.8, 4) is 0 Å². The van der Waals surface area contributed by atoms with Crippen LogP contribution in [0.15, 0.2) is 29.2 Å². The minimum absolute atomic E-state index is 0.190. The van der Waals surface area contributed by atoms with E-state index in [2.05, 4.69) is 33.4 Å². The number of ether oxygens (including phenoxy) is 1. The Morgan fingerprint density at radius 1 is 1.25 bits per heavy atom. The highest BCUT2D eigenvalue weighted by Gasteiger charge is 2.12. The molecule has 0 N–H and O–H groups in total. The largest absolute Gasteiger partial charge is 0.462 e. The van der Waals surface area contributed by atoms with E-state index in [0.29, 0.717) is 12.2 Å². The fourth-order valence-corrected chi connectivity index (χ4v) is 1.28. The van der Waals surface area contributed by atoms with Crippen LogP contribution in [0, 0.1) is 5.41 Å². The molecule has 2 nitrogen and oxygen atoms in total. The van der Waals surface area contributed by atoms with Crippen LogP contribution >= 0.6 is 12.6 Å². The lowest BCUT2D eigenvalue weighted by Crippen LogP contribution is -2.13. The minimum atomic E-state index is -0.266. The normalized spacial score (nSPS) is 11.2. The van der Waals surface area contributed by atoms with Crippen LogP contribution in [0.25, 0.3) is 0 Å². The number of thiol groups is 1. The maximum Gasteiger partial charge on any atom is 0.338 e. The SMILES string of the molecule is CC(C)(C)CCOC(=O)c1ccc(S)cc1. The average molecular weight is 238 g/mol. The van der Waals surface area contributed by atoms with Gasteiger partial charge in [0.25, 0.3) is 0 Å². The zero-order valence-corrected chi connectivity index (χ0v) is 10.9. The second-order valence-corrected chi connectivity index (χ2v) is 5.51. The molecule has 0 heterocycles. The molecule has 1 aromatic rings. The molecule has 0 unspecified atom stereocenters. The summed E-state index contributed by atoms with van der Waals surface area (Å²) in [4.78, 5) is 12.4. The first-order chi connectivity index (χ1) is 7.38. The van der Waals surface area contributed by atoms with E-state index in [4.69, 9.17) is 4.74 Å². The monoisotopic (exact) mass is 238 g/mol. The van der Waals surface area contributed by atoms with Gasteiger partial charge in [-0.15, -0.1) is 12.6 Å². The van der Waals surface area contributed by atoms with Crippen LogP contribution in [-0.2, 0) is 4.74 Å². The van der Waals surface area contributed by atoms with Crippen molar-refractivity contribution >= 4 is 18.6 Å². The zero-order valence-electron chi connectivity index (χ0n) is 9.99. The van der Waals surface area contributed by atoms with Crippen molar-refractivity contribution in [2.24, 2.45) is 5.41 Å². The van der Waals surface area contributed by atoms with Crippen LogP contribution in [0.2, 0.25) is 0 Å². The summed E-state index contributed by atoms with van der Waals surface area (Å²) in [5.74, 6) is -0.266. The molecule has 0 aliphatic carbocycles. The summed E-state index contributed by atoms with van der Waals surface area (Å²) in [6.45, 7) is 6.83. The lowest BCUT2D eigenvalue weighted by molar-refractivity contribution is 0.0465. The van der Waals surface area contributed by atoms with Gasteiger partial charge in [-0.2, -0.15) is 0 Å². The highest BCUT2D eigenvalue weighted by molar-refractivity contribution is 7.80. The molecule has 88 valence electrons. The molecule has 16 heavy (non-hydrogen) atoms. The minimum Gasteiger partial charge on any atom is -0.462 e. The quantitative estimate of drug-likeness (QED) is 0.643. The van der Waals surface area contributed by atoms with Crippen LogP contribution in [0.3, 0.4) is 0 Å². The second-order valence-electron chi connectivity index (χ2n) is 4.99. The Morgan fingerprint density at radius 3 is 2.31 bits per heavy atom. The van der Waals surface area contributed by atoms with Gasteiger partial charge in [0.05, 0.1) is 12.2 Å². The molecule has 0 saturated carbocycles. The number of esters is 1. The van der Waals surface area contributed by atoms with Crippen molar-refractivity contribution in [3.05, 3.63) is 29.8 Å². The van der Waals surface area contributed by atoms with Gasteiger partial charge in [0.1, 0.15) is 0 Å². The van der Waals surface area contributed by atoms with Gasteiger partial charge in [0.2, 0.25) is 0 Å².